The monoisotopic (exact) mass is 316 g/mol. The second kappa shape index (κ2) is 7.86. The minimum absolute atomic E-state index is 0.198. The first-order valence-electron chi connectivity index (χ1n) is 6.75. The van der Waals surface area contributed by atoms with Gasteiger partial charge in [0.05, 0.1) is 7.11 Å². The highest BCUT2D eigenvalue weighted by molar-refractivity contribution is 6.02. The molecule has 0 unspecified atom stereocenters. The zero-order valence-corrected chi connectivity index (χ0v) is 12.4. The highest BCUT2D eigenvalue weighted by atomic mass is 16.6. The Morgan fingerprint density at radius 1 is 1.13 bits per heavy atom. The van der Waals surface area contributed by atoms with Gasteiger partial charge >= 0.3 is 0 Å². The average Bonchev–Trinajstić information content (AvgIpc) is 3.19. The van der Waals surface area contributed by atoms with Crippen molar-refractivity contribution < 1.29 is 28.6 Å². The quantitative estimate of drug-likeness (QED) is 0.463. The Kier molecular flexibility index (Phi) is 5.60. The van der Waals surface area contributed by atoms with Crippen molar-refractivity contribution in [3.63, 3.8) is 0 Å². The van der Waals surface area contributed by atoms with Crippen molar-refractivity contribution in [2.24, 2.45) is 0 Å². The smallest absolute Gasteiger partial charge is 0.284 e. The molecule has 2 N–H and O–H groups in total. The predicted molar refractivity (Wildman–Crippen MR) is 83.7 cm³/mol. The third-order valence-corrected chi connectivity index (χ3v) is 2.76. The van der Waals surface area contributed by atoms with E-state index in [9.17, 15) is 9.90 Å². The van der Waals surface area contributed by atoms with Gasteiger partial charge < -0.3 is 23.8 Å². The molecule has 0 aliphatic carbocycles. The number of aliphatic hydroxyl groups is 2. The number of carbonyl (C=O) groups is 1. The minimum Gasteiger partial charge on any atom is -0.508 e. The van der Waals surface area contributed by atoms with E-state index in [0.29, 0.717) is 23.2 Å². The first kappa shape index (κ1) is 16.4. The molecule has 2 aromatic rings. The van der Waals surface area contributed by atoms with E-state index in [-0.39, 0.29) is 12.4 Å². The number of furan rings is 2. The molecular formula is C17H16O6. The lowest BCUT2D eigenvalue weighted by molar-refractivity contribution is -0.110. The molecule has 2 rings (SSSR count). The number of hydrogen-bond donors (Lipinski definition) is 2. The molecule has 0 amide bonds. The molecule has 0 spiro atoms. The molecule has 0 bridgehead atoms. The van der Waals surface area contributed by atoms with Gasteiger partial charge in [0.15, 0.2) is 5.78 Å². The van der Waals surface area contributed by atoms with Crippen LogP contribution >= 0.6 is 0 Å². The molecule has 0 aliphatic heterocycles. The summed E-state index contributed by atoms with van der Waals surface area (Å²) in [5.41, 5.74) is 0. The third-order valence-electron chi connectivity index (χ3n) is 2.76. The molecular weight excluding hydrogens is 300 g/mol. The van der Waals surface area contributed by atoms with Crippen LogP contribution in [0.2, 0.25) is 0 Å². The molecule has 6 nitrogen and oxygen atoms in total. The van der Waals surface area contributed by atoms with Gasteiger partial charge in [-0.05, 0) is 42.5 Å². The molecule has 0 saturated heterocycles. The summed E-state index contributed by atoms with van der Waals surface area (Å²) in [4.78, 5) is 11.7. The van der Waals surface area contributed by atoms with Gasteiger partial charge in [-0.3, -0.25) is 4.79 Å². The molecule has 0 atom stereocenters. The van der Waals surface area contributed by atoms with E-state index in [1.165, 1.54) is 31.4 Å². The van der Waals surface area contributed by atoms with Gasteiger partial charge in [0.2, 0.25) is 0 Å². The van der Waals surface area contributed by atoms with Crippen LogP contribution in [0.15, 0.2) is 57.1 Å². The maximum atomic E-state index is 11.7. The summed E-state index contributed by atoms with van der Waals surface area (Å²) in [7, 11) is 1.48. The largest absolute Gasteiger partial charge is 0.508 e. The van der Waals surface area contributed by atoms with E-state index in [4.69, 9.17) is 18.7 Å². The fraction of sp³-hybridized carbons (Fsp3) is 0.118. The molecule has 2 aromatic heterocycles. The van der Waals surface area contributed by atoms with Crippen LogP contribution in [0, 0.1) is 0 Å². The Labute approximate surface area is 132 Å². The van der Waals surface area contributed by atoms with Gasteiger partial charge in [-0.25, -0.2) is 0 Å². The van der Waals surface area contributed by atoms with Gasteiger partial charge in [0.1, 0.15) is 29.6 Å². The van der Waals surface area contributed by atoms with Crippen LogP contribution in [0.5, 0.6) is 5.95 Å². The Morgan fingerprint density at radius 2 is 1.83 bits per heavy atom. The van der Waals surface area contributed by atoms with E-state index in [0.717, 1.165) is 6.08 Å². The van der Waals surface area contributed by atoms with Crippen LogP contribution in [0.1, 0.15) is 17.3 Å². The zero-order chi connectivity index (χ0) is 16.7. The number of allylic oxidation sites excluding steroid dienone is 3. The van der Waals surface area contributed by atoms with Crippen molar-refractivity contribution in [3.05, 3.63) is 65.5 Å². The summed E-state index contributed by atoms with van der Waals surface area (Å²) in [6, 6.07) is 6.54. The van der Waals surface area contributed by atoms with Gasteiger partial charge in [0, 0.05) is 12.1 Å². The Balaban J connectivity index is 1.95. The van der Waals surface area contributed by atoms with E-state index in [1.807, 2.05) is 0 Å². The van der Waals surface area contributed by atoms with Crippen molar-refractivity contribution >= 4 is 17.9 Å². The molecule has 23 heavy (non-hydrogen) atoms. The SMILES string of the molecule is COc1ccc(/C=C/C(=O)C=C(O)/C=C/c2ccc(CO)o2)o1. The lowest BCUT2D eigenvalue weighted by Crippen LogP contribution is -1.88. The van der Waals surface area contributed by atoms with Crippen LogP contribution in [-0.2, 0) is 11.4 Å². The average molecular weight is 316 g/mol. The van der Waals surface area contributed by atoms with Gasteiger partial charge in [-0.2, -0.15) is 0 Å². The van der Waals surface area contributed by atoms with Gasteiger partial charge in [-0.1, -0.05) is 0 Å². The summed E-state index contributed by atoms with van der Waals surface area (Å²) < 4.78 is 15.3. The molecule has 0 fully saturated rings. The zero-order valence-electron chi connectivity index (χ0n) is 12.4. The van der Waals surface area contributed by atoms with Crippen LogP contribution in [-0.4, -0.2) is 23.1 Å². The maximum Gasteiger partial charge on any atom is 0.284 e. The lowest BCUT2D eigenvalue weighted by Gasteiger charge is -1.91. The number of carbonyl (C=O) groups excluding carboxylic acids is 1. The molecule has 2 heterocycles. The summed E-state index contributed by atoms with van der Waals surface area (Å²) in [5, 5.41) is 18.5. The van der Waals surface area contributed by atoms with E-state index in [1.54, 1.807) is 24.3 Å². The molecule has 0 aromatic carbocycles. The standard InChI is InChI=1S/C17H16O6/c1-21-17-9-8-15(23-17)5-3-13(20)10-12(19)2-4-14-6-7-16(11-18)22-14/h2-10,18-19H,11H2,1H3/b4-2+,5-3+,12-10?. The first-order valence-corrected chi connectivity index (χ1v) is 6.75. The van der Waals surface area contributed by atoms with Crippen LogP contribution < -0.4 is 4.74 Å². The first-order chi connectivity index (χ1) is 11.1. The summed E-state index contributed by atoms with van der Waals surface area (Å²) >= 11 is 0. The number of hydrogen-bond acceptors (Lipinski definition) is 6. The number of ketones is 1. The minimum atomic E-state index is -0.405. The van der Waals surface area contributed by atoms with Crippen LogP contribution in [0.4, 0.5) is 0 Å². The summed E-state index contributed by atoms with van der Waals surface area (Å²) in [6.07, 6.45) is 6.60. The summed E-state index contributed by atoms with van der Waals surface area (Å²) in [6.45, 7) is -0.198. The van der Waals surface area contributed by atoms with Gasteiger partial charge in [-0.15, -0.1) is 0 Å². The number of rotatable bonds is 7. The van der Waals surface area contributed by atoms with E-state index < -0.39 is 5.78 Å². The molecule has 0 aliphatic rings. The third kappa shape index (κ3) is 5.05. The second-order valence-corrected chi connectivity index (χ2v) is 4.46. The second-order valence-electron chi connectivity index (χ2n) is 4.46. The van der Waals surface area contributed by atoms with E-state index >= 15 is 0 Å². The van der Waals surface area contributed by atoms with Gasteiger partial charge in [0.25, 0.3) is 5.95 Å². The topological polar surface area (TPSA) is 93.0 Å². The van der Waals surface area contributed by atoms with E-state index in [2.05, 4.69) is 0 Å². The van der Waals surface area contributed by atoms with Crippen LogP contribution in [0.3, 0.4) is 0 Å². The number of aliphatic hydroxyl groups excluding tert-OH is 2. The van der Waals surface area contributed by atoms with Crippen molar-refractivity contribution in [2.75, 3.05) is 7.11 Å². The van der Waals surface area contributed by atoms with Crippen molar-refractivity contribution in [1.82, 2.24) is 0 Å². The fourth-order valence-corrected chi connectivity index (χ4v) is 1.68. The van der Waals surface area contributed by atoms with Crippen molar-refractivity contribution in [1.29, 1.82) is 0 Å². The molecule has 0 saturated carbocycles. The Morgan fingerprint density at radius 3 is 2.48 bits per heavy atom. The van der Waals surface area contributed by atoms with Crippen molar-refractivity contribution in [3.8, 4) is 5.95 Å². The van der Waals surface area contributed by atoms with Crippen LogP contribution in [0.25, 0.3) is 12.2 Å². The van der Waals surface area contributed by atoms with Crippen molar-refractivity contribution in [2.45, 2.75) is 6.61 Å². The highest BCUT2D eigenvalue weighted by Gasteiger charge is 2.00. The molecule has 120 valence electrons. The highest BCUT2D eigenvalue weighted by Crippen LogP contribution is 2.16. The number of methoxy groups -OCH3 is 1. The Hall–Kier alpha value is -2.99. The summed E-state index contributed by atoms with van der Waals surface area (Å²) in [5.74, 6) is 1.06. The fourth-order valence-electron chi connectivity index (χ4n) is 1.68. The predicted octanol–water partition coefficient (Wildman–Crippen LogP) is 3.11. The maximum absolute atomic E-state index is 11.7. The molecule has 0 radical (unpaired) electrons. The normalized spacial score (nSPS) is 12.3. The Bertz CT molecular complexity index is 745. The lowest BCUT2D eigenvalue weighted by atomic mass is 10.2. The number of ether oxygens (including phenoxy) is 1. The molecule has 6 heteroatoms.